The number of anilines is 1. The number of aromatic nitrogens is 2. The zero-order valence-electron chi connectivity index (χ0n) is 9.14. The Kier molecular flexibility index (Phi) is 5.21. The van der Waals surface area contributed by atoms with Crippen LogP contribution in [0.25, 0.3) is 0 Å². The average Bonchev–Trinajstić information content (AvgIpc) is 2.34. The molecule has 0 radical (unpaired) electrons. The third-order valence-corrected chi connectivity index (χ3v) is 1.95. The largest absolute Gasteiger partial charge is 0.464 e. The first kappa shape index (κ1) is 12.4. The van der Waals surface area contributed by atoms with Crippen LogP contribution in [-0.2, 0) is 4.74 Å². The van der Waals surface area contributed by atoms with Crippen molar-refractivity contribution in [1.29, 1.82) is 0 Å². The Bertz CT molecular complexity index is 327. The summed E-state index contributed by atoms with van der Waals surface area (Å²) in [6, 6.07) is 3.21. The summed E-state index contributed by atoms with van der Waals surface area (Å²) in [5.74, 6) is 0.102. The number of unbranched alkanes of at least 4 members (excludes halogenated alkanes) is 1. The minimum Gasteiger partial charge on any atom is -0.464 e. The van der Waals surface area contributed by atoms with E-state index in [2.05, 4.69) is 20.3 Å². The van der Waals surface area contributed by atoms with Crippen LogP contribution in [0.15, 0.2) is 12.1 Å². The SMILES string of the molecule is COC(=O)c1ccc(NCCCCO)nn1. The summed E-state index contributed by atoms with van der Waals surface area (Å²) < 4.78 is 4.50. The van der Waals surface area contributed by atoms with Crippen LogP contribution in [0.3, 0.4) is 0 Å². The molecule has 6 heteroatoms. The molecule has 1 rings (SSSR count). The molecule has 0 aliphatic rings. The third-order valence-electron chi connectivity index (χ3n) is 1.95. The van der Waals surface area contributed by atoms with E-state index < -0.39 is 5.97 Å². The fourth-order valence-electron chi connectivity index (χ4n) is 1.09. The third kappa shape index (κ3) is 3.82. The molecular weight excluding hydrogens is 210 g/mol. The van der Waals surface area contributed by atoms with Gasteiger partial charge in [0.05, 0.1) is 7.11 Å². The number of hydrogen-bond acceptors (Lipinski definition) is 6. The first-order valence-corrected chi connectivity index (χ1v) is 5.04. The fourth-order valence-corrected chi connectivity index (χ4v) is 1.09. The van der Waals surface area contributed by atoms with Gasteiger partial charge in [-0.05, 0) is 25.0 Å². The number of ether oxygens (including phenoxy) is 1. The Morgan fingerprint density at radius 1 is 1.44 bits per heavy atom. The monoisotopic (exact) mass is 225 g/mol. The van der Waals surface area contributed by atoms with E-state index in [4.69, 9.17) is 5.11 Å². The van der Waals surface area contributed by atoms with Crippen LogP contribution in [0.1, 0.15) is 23.3 Å². The molecule has 0 unspecified atom stereocenters. The van der Waals surface area contributed by atoms with Crippen molar-refractivity contribution in [1.82, 2.24) is 10.2 Å². The quantitative estimate of drug-likeness (QED) is 0.540. The maximum Gasteiger partial charge on any atom is 0.358 e. The van der Waals surface area contributed by atoms with Crippen molar-refractivity contribution < 1.29 is 14.6 Å². The van der Waals surface area contributed by atoms with Crippen molar-refractivity contribution in [3.63, 3.8) is 0 Å². The molecule has 1 aromatic heterocycles. The summed E-state index contributed by atoms with van der Waals surface area (Å²) in [7, 11) is 1.30. The topological polar surface area (TPSA) is 84.3 Å². The minimum atomic E-state index is -0.501. The molecule has 2 N–H and O–H groups in total. The lowest BCUT2D eigenvalue weighted by atomic mass is 10.3. The number of aliphatic hydroxyl groups is 1. The van der Waals surface area contributed by atoms with Crippen LogP contribution < -0.4 is 5.32 Å². The zero-order valence-corrected chi connectivity index (χ0v) is 9.14. The van der Waals surface area contributed by atoms with Gasteiger partial charge in [0, 0.05) is 13.2 Å². The lowest BCUT2D eigenvalue weighted by molar-refractivity contribution is 0.0593. The first-order chi connectivity index (χ1) is 7.77. The molecule has 0 atom stereocenters. The predicted molar refractivity (Wildman–Crippen MR) is 58.2 cm³/mol. The van der Waals surface area contributed by atoms with Crippen LogP contribution in [0.4, 0.5) is 5.82 Å². The fraction of sp³-hybridized carbons (Fsp3) is 0.500. The second kappa shape index (κ2) is 6.73. The molecular formula is C10H15N3O3. The summed E-state index contributed by atoms with van der Waals surface area (Å²) in [4.78, 5) is 11.1. The molecule has 0 saturated carbocycles. The number of carbonyl (C=O) groups excluding carboxylic acids is 1. The van der Waals surface area contributed by atoms with Gasteiger partial charge in [0.15, 0.2) is 5.69 Å². The van der Waals surface area contributed by atoms with Crippen molar-refractivity contribution in [3.8, 4) is 0 Å². The summed E-state index contributed by atoms with van der Waals surface area (Å²) in [5.41, 5.74) is 0.184. The second-order valence-electron chi connectivity index (χ2n) is 3.15. The molecule has 16 heavy (non-hydrogen) atoms. The number of rotatable bonds is 6. The Hall–Kier alpha value is -1.69. The summed E-state index contributed by atoms with van der Waals surface area (Å²) in [6.45, 7) is 0.904. The van der Waals surface area contributed by atoms with Gasteiger partial charge in [-0.15, -0.1) is 10.2 Å². The maximum atomic E-state index is 11.1. The van der Waals surface area contributed by atoms with Crippen molar-refractivity contribution in [2.24, 2.45) is 0 Å². The first-order valence-electron chi connectivity index (χ1n) is 5.04. The van der Waals surface area contributed by atoms with E-state index >= 15 is 0 Å². The lowest BCUT2D eigenvalue weighted by Crippen LogP contribution is -2.08. The molecule has 0 aliphatic heterocycles. The van der Waals surface area contributed by atoms with Gasteiger partial charge in [-0.25, -0.2) is 4.79 Å². The van der Waals surface area contributed by atoms with Crippen LogP contribution in [0, 0.1) is 0 Å². The van der Waals surface area contributed by atoms with Gasteiger partial charge < -0.3 is 15.2 Å². The van der Waals surface area contributed by atoms with E-state index in [9.17, 15) is 4.79 Å². The number of carbonyl (C=O) groups is 1. The van der Waals surface area contributed by atoms with Gasteiger partial charge in [-0.2, -0.15) is 0 Å². The Balaban J connectivity index is 2.42. The van der Waals surface area contributed by atoms with Gasteiger partial charge >= 0.3 is 5.97 Å². The Labute approximate surface area is 93.6 Å². The number of methoxy groups -OCH3 is 1. The molecule has 0 aliphatic carbocycles. The zero-order chi connectivity index (χ0) is 11.8. The van der Waals surface area contributed by atoms with Crippen molar-refractivity contribution in [2.75, 3.05) is 25.6 Å². The maximum absolute atomic E-state index is 11.1. The molecule has 6 nitrogen and oxygen atoms in total. The number of nitrogens with one attached hydrogen (secondary N) is 1. The average molecular weight is 225 g/mol. The number of esters is 1. The molecule has 0 amide bonds. The highest BCUT2D eigenvalue weighted by atomic mass is 16.5. The standard InChI is InChI=1S/C10H15N3O3/c1-16-10(15)8-4-5-9(13-12-8)11-6-2-3-7-14/h4-5,14H,2-3,6-7H2,1H3,(H,11,13). The number of aliphatic hydroxyl groups excluding tert-OH is 1. The van der Waals surface area contributed by atoms with Crippen LogP contribution in [-0.4, -0.2) is 41.5 Å². The molecule has 1 heterocycles. The highest BCUT2D eigenvalue weighted by Gasteiger charge is 2.06. The van der Waals surface area contributed by atoms with Crippen LogP contribution in [0.2, 0.25) is 0 Å². The summed E-state index contributed by atoms with van der Waals surface area (Å²) >= 11 is 0. The molecule has 0 fully saturated rings. The van der Waals surface area contributed by atoms with Gasteiger partial charge in [0.25, 0.3) is 0 Å². The normalized spacial score (nSPS) is 9.88. The lowest BCUT2D eigenvalue weighted by Gasteiger charge is -2.04. The van der Waals surface area contributed by atoms with Gasteiger partial charge in [-0.1, -0.05) is 0 Å². The highest BCUT2D eigenvalue weighted by Crippen LogP contribution is 2.03. The molecule has 0 aromatic carbocycles. The van der Waals surface area contributed by atoms with Crippen molar-refractivity contribution in [2.45, 2.75) is 12.8 Å². The van der Waals surface area contributed by atoms with E-state index in [-0.39, 0.29) is 12.3 Å². The van der Waals surface area contributed by atoms with E-state index in [1.807, 2.05) is 0 Å². The minimum absolute atomic E-state index is 0.184. The van der Waals surface area contributed by atoms with E-state index in [1.54, 1.807) is 12.1 Å². The molecule has 88 valence electrons. The van der Waals surface area contributed by atoms with Crippen molar-refractivity contribution in [3.05, 3.63) is 17.8 Å². The summed E-state index contributed by atoms with van der Waals surface area (Å²) in [6.07, 6.45) is 1.61. The highest BCUT2D eigenvalue weighted by molar-refractivity contribution is 5.86. The van der Waals surface area contributed by atoms with E-state index in [0.717, 1.165) is 12.8 Å². The van der Waals surface area contributed by atoms with Crippen molar-refractivity contribution >= 4 is 11.8 Å². The molecule has 0 bridgehead atoms. The Morgan fingerprint density at radius 3 is 2.81 bits per heavy atom. The number of nitrogens with zero attached hydrogens (tertiary/aromatic N) is 2. The van der Waals surface area contributed by atoms with Crippen LogP contribution in [0.5, 0.6) is 0 Å². The van der Waals surface area contributed by atoms with Gasteiger partial charge in [0.2, 0.25) is 0 Å². The predicted octanol–water partition coefficient (Wildman–Crippen LogP) is 0.448. The number of hydrogen-bond donors (Lipinski definition) is 2. The van der Waals surface area contributed by atoms with E-state index in [0.29, 0.717) is 12.4 Å². The molecule has 0 spiro atoms. The summed E-state index contributed by atoms with van der Waals surface area (Å²) in [5, 5.41) is 19.1. The van der Waals surface area contributed by atoms with Gasteiger partial charge in [0.1, 0.15) is 5.82 Å². The molecule has 0 saturated heterocycles. The molecule has 1 aromatic rings. The van der Waals surface area contributed by atoms with Crippen LogP contribution >= 0.6 is 0 Å². The van der Waals surface area contributed by atoms with E-state index in [1.165, 1.54) is 7.11 Å². The second-order valence-corrected chi connectivity index (χ2v) is 3.15. The van der Waals surface area contributed by atoms with Gasteiger partial charge in [-0.3, -0.25) is 0 Å². The smallest absolute Gasteiger partial charge is 0.358 e. The Morgan fingerprint density at radius 2 is 2.25 bits per heavy atom.